The third-order valence-electron chi connectivity index (χ3n) is 5.89. The van der Waals surface area contributed by atoms with Gasteiger partial charge in [-0.1, -0.05) is 11.3 Å². The monoisotopic (exact) mass is 522 g/mol. The molecule has 0 aliphatic heterocycles. The quantitative estimate of drug-likeness (QED) is 0.401. The van der Waals surface area contributed by atoms with E-state index in [1.807, 2.05) is 12.1 Å². The Morgan fingerprint density at radius 3 is 2.78 bits per heavy atom. The number of methoxy groups -OCH3 is 1. The molecule has 0 atom stereocenters. The minimum absolute atomic E-state index is 0.169. The smallest absolute Gasteiger partial charge is 0.413 e. The van der Waals surface area contributed by atoms with Crippen molar-refractivity contribution < 1.29 is 23.5 Å². The molecule has 0 unspecified atom stereocenters. The molecular weight excluding hydrogens is 499 g/mol. The molecule has 37 heavy (non-hydrogen) atoms. The zero-order chi connectivity index (χ0) is 26.1. The van der Waals surface area contributed by atoms with Crippen LogP contribution in [0, 0.1) is 0 Å². The van der Waals surface area contributed by atoms with Crippen LogP contribution in [0.4, 0.5) is 14.3 Å². The van der Waals surface area contributed by atoms with Crippen molar-refractivity contribution in [3.63, 3.8) is 0 Å². The van der Waals surface area contributed by atoms with Crippen molar-refractivity contribution in [2.75, 3.05) is 33.4 Å². The van der Waals surface area contributed by atoms with Crippen LogP contribution >= 0.6 is 11.3 Å². The summed E-state index contributed by atoms with van der Waals surface area (Å²) in [4.78, 5) is 35.4. The summed E-state index contributed by atoms with van der Waals surface area (Å²) in [6.07, 6.45) is 4.09. The fraction of sp³-hybridized carbons (Fsp3) is 0.240. The van der Waals surface area contributed by atoms with E-state index in [-0.39, 0.29) is 11.7 Å². The zero-order valence-electron chi connectivity index (χ0n) is 20.3. The van der Waals surface area contributed by atoms with Crippen molar-refractivity contribution in [2.24, 2.45) is 0 Å². The topological polar surface area (TPSA) is 111 Å². The molecule has 0 radical (unpaired) electrons. The van der Waals surface area contributed by atoms with Crippen LogP contribution in [0.5, 0.6) is 5.75 Å². The van der Waals surface area contributed by atoms with Gasteiger partial charge >= 0.3 is 6.09 Å². The van der Waals surface area contributed by atoms with Gasteiger partial charge in [-0.25, -0.2) is 18.9 Å². The van der Waals surface area contributed by atoms with Gasteiger partial charge in [-0.15, -0.1) is 0 Å². The third-order valence-corrected chi connectivity index (χ3v) is 6.91. The maximum absolute atomic E-state index is 13.5. The Morgan fingerprint density at radius 2 is 2.08 bits per heavy atom. The summed E-state index contributed by atoms with van der Waals surface area (Å²) < 4.78 is 25.2. The summed E-state index contributed by atoms with van der Waals surface area (Å²) in [5, 5.41) is 7.94. The van der Waals surface area contributed by atoms with E-state index in [9.17, 15) is 14.0 Å². The van der Waals surface area contributed by atoms with Crippen LogP contribution in [0.1, 0.15) is 21.6 Å². The molecule has 3 aromatic heterocycles. The minimum atomic E-state index is -1.08. The van der Waals surface area contributed by atoms with Gasteiger partial charge in [0.1, 0.15) is 11.4 Å². The second-order valence-corrected chi connectivity index (χ2v) is 9.38. The van der Waals surface area contributed by atoms with Crippen LogP contribution in [0.2, 0.25) is 0 Å². The first-order valence-corrected chi connectivity index (χ1v) is 12.1. The number of fused-ring (bicyclic) bond motifs is 3. The lowest BCUT2D eigenvalue weighted by atomic mass is 9.95. The van der Waals surface area contributed by atoms with Crippen LogP contribution in [-0.4, -0.2) is 64.7 Å². The number of alkyl halides is 1. The van der Waals surface area contributed by atoms with Crippen LogP contribution < -0.4 is 10.1 Å². The Morgan fingerprint density at radius 1 is 1.24 bits per heavy atom. The molecule has 1 aliphatic carbocycles. The van der Waals surface area contributed by atoms with E-state index < -0.39 is 13.0 Å². The summed E-state index contributed by atoms with van der Waals surface area (Å²) in [7, 11) is 4.57. The number of anilines is 1. The standard InChI is InChI=1S/C25H23FN6O4S/c1-31(2)23(33)14-6-9-18(19(11-14)36-13-26)32-21-16(20(30-32)15-5-4-10-27-12-15)7-8-17-22(21)37-24(28-17)29-25(34)35-3/h4-6,9-12H,7-8,13H2,1-3H3,(H,28,29,34). The number of halogens is 1. The van der Waals surface area contributed by atoms with E-state index in [4.69, 9.17) is 14.6 Å². The van der Waals surface area contributed by atoms with E-state index in [0.717, 1.165) is 33.1 Å². The van der Waals surface area contributed by atoms with Crippen molar-refractivity contribution >= 4 is 28.5 Å². The van der Waals surface area contributed by atoms with Gasteiger partial charge in [0.2, 0.25) is 6.86 Å². The van der Waals surface area contributed by atoms with E-state index in [1.165, 1.54) is 29.4 Å². The number of carbonyl (C=O) groups excluding carboxylic acids is 2. The number of rotatable bonds is 6. The predicted molar refractivity (Wildman–Crippen MR) is 136 cm³/mol. The van der Waals surface area contributed by atoms with E-state index in [1.54, 1.807) is 43.3 Å². The number of aryl methyl sites for hydroxylation is 1. The molecule has 190 valence electrons. The number of hydrogen-bond donors (Lipinski definition) is 1. The van der Waals surface area contributed by atoms with Crippen molar-refractivity contribution in [1.29, 1.82) is 0 Å². The second kappa shape index (κ2) is 9.97. The maximum atomic E-state index is 13.5. The number of nitrogens with one attached hydrogen (secondary N) is 1. The molecule has 4 aromatic rings. The largest absolute Gasteiger partial charge is 0.461 e. The molecule has 0 saturated heterocycles. The molecule has 10 nitrogen and oxygen atoms in total. The number of benzene rings is 1. The first-order chi connectivity index (χ1) is 17.9. The summed E-state index contributed by atoms with van der Waals surface area (Å²) >= 11 is 1.30. The number of nitrogens with zero attached hydrogens (tertiary/aromatic N) is 5. The lowest BCUT2D eigenvalue weighted by Gasteiger charge is -2.17. The highest BCUT2D eigenvalue weighted by molar-refractivity contribution is 7.19. The molecule has 1 N–H and O–H groups in total. The number of ether oxygens (including phenoxy) is 2. The van der Waals surface area contributed by atoms with Crippen LogP contribution in [0.15, 0.2) is 42.7 Å². The van der Waals surface area contributed by atoms with Crippen LogP contribution in [0.25, 0.3) is 27.5 Å². The molecule has 2 amide bonds. The van der Waals surface area contributed by atoms with Gasteiger partial charge in [-0.2, -0.15) is 5.10 Å². The zero-order valence-corrected chi connectivity index (χ0v) is 21.1. The lowest BCUT2D eigenvalue weighted by molar-refractivity contribution is 0.0826. The van der Waals surface area contributed by atoms with Gasteiger partial charge in [0.05, 0.1) is 29.1 Å². The molecule has 0 bridgehead atoms. The van der Waals surface area contributed by atoms with Crippen LogP contribution in [-0.2, 0) is 17.6 Å². The van der Waals surface area contributed by atoms with Gasteiger partial charge in [0.25, 0.3) is 5.91 Å². The highest BCUT2D eigenvalue weighted by Crippen LogP contribution is 2.45. The third kappa shape index (κ3) is 4.51. The molecule has 3 heterocycles. The molecule has 0 saturated carbocycles. The van der Waals surface area contributed by atoms with E-state index >= 15 is 0 Å². The molecule has 5 rings (SSSR count). The van der Waals surface area contributed by atoms with Gasteiger partial charge in [0.15, 0.2) is 5.13 Å². The number of carbonyl (C=O) groups is 2. The highest BCUT2D eigenvalue weighted by atomic mass is 32.1. The first kappa shape index (κ1) is 24.4. The van der Waals surface area contributed by atoms with Crippen molar-refractivity contribution in [3.8, 4) is 33.3 Å². The van der Waals surface area contributed by atoms with Crippen molar-refractivity contribution in [1.82, 2.24) is 24.6 Å². The van der Waals surface area contributed by atoms with Gasteiger partial charge < -0.3 is 14.4 Å². The fourth-order valence-electron chi connectivity index (χ4n) is 4.23. The van der Waals surface area contributed by atoms with E-state index in [0.29, 0.717) is 29.2 Å². The number of amides is 2. The average Bonchev–Trinajstić information content (AvgIpc) is 3.49. The molecule has 12 heteroatoms. The van der Waals surface area contributed by atoms with Gasteiger partial charge in [-0.3, -0.25) is 15.1 Å². The minimum Gasteiger partial charge on any atom is -0.461 e. The highest BCUT2D eigenvalue weighted by Gasteiger charge is 2.31. The van der Waals surface area contributed by atoms with Gasteiger partial charge in [-0.05, 0) is 43.2 Å². The predicted octanol–water partition coefficient (Wildman–Crippen LogP) is 4.34. The maximum Gasteiger partial charge on any atom is 0.413 e. The Balaban J connectivity index is 1.72. The first-order valence-electron chi connectivity index (χ1n) is 11.3. The average molecular weight is 523 g/mol. The number of pyridine rings is 1. The van der Waals surface area contributed by atoms with E-state index in [2.05, 4.69) is 15.3 Å². The van der Waals surface area contributed by atoms with Crippen molar-refractivity contribution in [3.05, 3.63) is 59.5 Å². The Kier molecular flexibility index (Phi) is 6.57. The Hall–Kier alpha value is -4.32. The molecular formula is C25H23FN6O4S. The van der Waals surface area contributed by atoms with Gasteiger partial charge in [0, 0.05) is 43.2 Å². The Bertz CT molecular complexity index is 1480. The molecule has 0 fully saturated rings. The number of aromatic nitrogens is 4. The lowest BCUT2D eigenvalue weighted by Crippen LogP contribution is -2.21. The number of thiazole rings is 1. The fourth-order valence-corrected chi connectivity index (χ4v) is 5.28. The summed E-state index contributed by atoms with van der Waals surface area (Å²) in [5.41, 5.74) is 4.89. The molecule has 1 aliphatic rings. The second-order valence-electron chi connectivity index (χ2n) is 8.38. The summed E-state index contributed by atoms with van der Waals surface area (Å²) in [6.45, 7) is -1.08. The molecule has 0 spiro atoms. The Labute approximate surface area is 215 Å². The van der Waals surface area contributed by atoms with Crippen LogP contribution in [0.3, 0.4) is 0 Å². The summed E-state index contributed by atoms with van der Waals surface area (Å²) in [5.74, 6) is -0.0696. The normalized spacial score (nSPS) is 11.9. The van der Waals surface area contributed by atoms with Crippen molar-refractivity contribution in [2.45, 2.75) is 12.8 Å². The number of hydrogen-bond acceptors (Lipinski definition) is 8. The summed E-state index contributed by atoms with van der Waals surface area (Å²) in [6, 6.07) is 8.60. The molecule has 1 aromatic carbocycles. The SMILES string of the molecule is COC(=O)Nc1nc2c(s1)-c1c(c(-c3cccnc3)nn1-c1ccc(C(=O)N(C)C)cc1OCF)CC2.